The predicted molar refractivity (Wildman–Crippen MR) is 111 cm³/mol. The van der Waals surface area contributed by atoms with E-state index < -0.39 is 23.1 Å². The van der Waals surface area contributed by atoms with Gasteiger partial charge >= 0.3 is 0 Å². The van der Waals surface area contributed by atoms with Crippen LogP contribution in [0, 0.1) is 11.6 Å². The molecule has 2 amide bonds. The molecule has 0 atom stereocenters. The van der Waals surface area contributed by atoms with E-state index in [4.69, 9.17) is 11.6 Å². The Hall–Kier alpha value is -3.25. The molecule has 7 heteroatoms. The Morgan fingerprint density at radius 3 is 2.40 bits per heavy atom. The van der Waals surface area contributed by atoms with Crippen molar-refractivity contribution >= 4 is 29.1 Å². The summed E-state index contributed by atoms with van der Waals surface area (Å²) in [5, 5.41) is 3.11. The molecule has 4 nitrogen and oxygen atoms in total. The normalized spacial score (nSPS) is 12.6. The largest absolute Gasteiger partial charge is 0.348 e. The zero-order chi connectivity index (χ0) is 21.3. The highest BCUT2D eigenvalue weighted by atomic mass is 35.5. The fourth-order valence-corrected chi connectivity index (χ4v) is 3.64. The van der Waals surface area contributed by atoms with Crippen LogP contribution in [0.1, 0.15) is 31.8 Å². The van der Waals surface area contributed by atoms with Crippen molar-refractivity contribution in [3.63, 3.8) is 0 Å². The SMILES string of the molecule is O=C(NCc1ccc2c(c1)CCN2C(=O)c1ccc(Cl)cc1)c1c(F)cccc1F. The van der Waals surface area contributed by atoms with Gasteiger partial charge in [-0.1, -0.05) is 29.8 Å². The number of benzene rings is 3. The maximum Gasteiger partial charge on any atom is 0.258 e. The molecule has 1 N–H and O–H groups in total. The highest BCUT2D eigenvalue weighted by Gasteiger charge is 2.26. The van der Waals surface area contributed by atoms with Crippen LogP contribution < -0.4 is 10.2 Å². The molecule has 152 valence electrons. The smallest absolute Gasteiger partial charge is 0.258 e. The van der Waals surface area contributed by atoms with Gasteiger partial charge in [-0.25, -0.2) is 8.78 Å². The lowest BCUT2D eigenvalue weighted by Gasteiger charge is -2.18. The quantitative estimate of drug-likeness (QED) is 0.654. The van der Waals surface area contributed by atoms with E-state index in [1.54, 1.807) is 35.2 Å². The molecule has 3 aromatic rings. The van der Waals surface area contributed by atoms with Gasteiger partial charge in [-0.2, -0.15) is 0 Å². The zero-order valence-electron chi connectivity index (χ0n) is 15.8. The van der Waals surface area contributed by atoms with Crippen molar-refractivity contribution in [1.82, 2.24) is 5.32 Å². The molecular formula is C23H17ClF2N2O2. The van der Waals surface area contributed by atoms with E-state index in [1.165, 1.54) is 6.07 Å². The standard InChI is InChI=1S/C23H17ClF2N2O2/c24-17-7-5-15(6-8-17)23(30)28-11-10-16-12-14(4-9-20(16)28)13-27-22(29)21-18(25)2-1-3-19(21)26/h1-9,12H,10-11,13H2,(H,27,29). The summed E-state index contributed by atoms with van der Waals surface area (Å²) in [6, 6.07) is 15.5. The number of halogens is 3. The third-order valence-corrected chi connectivity index (χ3v) is 5.27. The molecule has 0 bridgehead atoms. The van der Waals surface area contributed by atoms with Gasteiger partial charge in [0.25, 0.3) is 11.8 Å². The molecule has 0 fully saturated rings. The summed E-state index contributed by atoms with van der Waals surface area (Å²) in [5.41, 5.74) is 2.51. The van der Waals surface area contributed by atoms with Crippen LogP contribution in [0.4, 0.5) is 14.5 Å². The Labute approximate surface area is 177 Å². The van der Waals surface area contributed by atoms with Gasteiger partial charge in [0.05, 0.1) is 0 Å². The second-order valence-electron chi connectivity index (χ2n) is 6.96. The number of hydrogen-bond donors (Lipinski definition) is 1. The summed E-state index contributed by atoms with van der Waals surface area (Å²) in [5.74, 6) is -2.73. The van der Waals surface area contributed by atoms with E-state index in [1.807, 2.05) is 12.1 Å². The van der Waals surface area contributed by atoms with Gasteiger partial charge in [-0.3, -0.25) is 9.59 Å². The Bertz CT molecular complexity index is 1110. The van der Waals surface area contributed by atoms with E-state index >= 15 is 0 Å². The highest BCUT2D eigenvalue weighted by Crippen LogP contribution is 2.30. The lowest BCUT2D eigenvalue weighted by atomic mass is 10.1. The molecule has 0 saturated carbocycles. The fraction of sp³-hybridized carbons (Fsp3) is 0.130. The average molecular weight is 427 g/mol. The Morgan fingerprint density at radius 1 is 1.00 bits per heavy atom. The third-order valence-electron chi connectivity index (χ3n) is 5.02. The van der Waals surface area contributed by atoms with Crippen LogP contribution in [-0.2, 0) is 13.0 Å². The Balaban J connectivity index is 1.47. The minimum Gasteiger partial charge on any atom is -0.348 e. The van der Waals surface area contributed by atoms with Gasteiger partial charge in [0.1, 0.15) is 17.2 Å². The molecule has 0 saturated heterocycles. The maximum absolute atomic E-state index is 13.7. The highest BCUT2D eigenvalue weighted by molar-refractivity contribution is 6.30. The molecule has 1 heterocycles. The molecule has 0 aromatic heterocycles. The molecule has 3 aromatic carbocycles. The molecular weight excluding hydrogens is 410 g/mol. The van der Waals surface area contributed by atoms with Crippen molar-refractivity contribution in [2.24, 2.45) is 0 Å². The molecule has 0 aliphatic carbocycles. The first-order valence-corrected chi connectivity index (χ1v) is 9.73. The van der Waals surface area contributed by atoms with Crippen LogP contribution in [0.3, 0.4) is 0 Å². The lowest BCUT2D eigenvalue weighted by Crippen LogP contribution is -2.28. The summed E-state index contributed by atoms with van der Waals surface area (Å²) in [6.07, 6.45) is 0.679. The number of hydrogen-bond acceptors (Lipinski definition) is 2. The van der Waals surface area contributed by atoms with Gasteiger partial charge in [0.2, 0.25) is 0 Å². The van der Waals surface area contributed by atoms with Crippen LogP contribution in [-0.4, -0.2) is 18.4 Å². The van der Waals surface area contributed by atoms with Crippen molar-refractivity contribution in [2.75, 3.05) is 11.4 Å². The Kier molecular flexibility index (Phi) is 5.50. The summed E-state index contributed by atoms with van der Waals surface area (Å²) < 4.78 is 27.5. The van der Waals surface area contributed by atoms with Crippen molar-refractivity contribution in [3.8, 4) is 0 Å². The second-order valence-corrected chi connectivity index (χ2v) is 7.39. The van der Waals surface area contributed by atoms with Gasteiger partial charge in [-0.15, -0.1) is 0 Å². The van der Waals surface area contributed by atoms with Crippen LogP contribution in [0.25, 0.3) is 0 Å². The number of amides is 2. The Morgan fingerprint density at radius 2 is 1.70 bits per heavy atom. The van der Waals surface area contributed by atoms with E-state index in [2.05, 4.69) is 5.32 Å². The number of rotatable bonds is 4. The number of carbonyl (C=O) groups is 2. The summed E-state index contributed by atoms with van der Waals surface area (Å²) in [6.45, 7) is 0.665. The van der Waals surface area contributed by atoms with E-state index in [0.717, 1.165) is 28.9 Å². The van der Waals surface area contributed by atoms with Crippen LogP contribution >= 0.6 is 11.6 Å². The van der Waals surface area contributed by atoms with Crippen LogP contribution in [0.15, 0.2) is 60.7 Å². The van der Waals surface area contributed by atoms with Gasteiger partial charge < -0.3 is 10.2 Å². The van der Waals surface area contributed by atoms with Crippen LogP contribution in [0.2, 0.25) is 5.02 Å². The molecule has 1 aliphatic rings. The van der Waals surface area contributed by atoms with Crippen LogP contribution in [0.5, 0.6) is 0 Å². The number of anilines is 1. The topological polar surface area (TPSA) is 49.4 Å². The number of nitrogens with one attached hydrogen (secondary N) is 1. The first-order valence-electron chi connectivity index (χ1n) is 9.35. The first-order chi connectivity index (χ1) is 14.4. The molecule has 0 radical (unpaired) electrons. The summed E-state index contributed by atoms with van der Waals surface area (Å²) in [7, 11) is 0. The number of fused-ring (bicyclic) bond motifs is 1. The third kappa shape index (κ3) is 3.91. The fourth-order valence-electron chi connectivity index (χ4n) is 3.51. The lowest BCUT2D eigenvalue weighted by molar-refractivity contribution is 0.0941. The average Bonchev–Trinajstić information content (AvgIpc) is 3.15. The zero-order valence-corrected chi connectivity index (χ0v) is 16.5. The number of carbonyl (C=O) groups excluding carboxylic acids is 2. The maximum atomic E-state index is 13.7. The van der Waals surface area contributed by atoms with E-state index in [9.17, 15) is 18.4 Å². The predicted octanol–water partition coefficient (Wildman–Crippen LogP) is 4.75. The summed E-state index contributed by atoms with van der Waals surface area (Å²) in [4.78, 5) is 26.7. The number of nitrogens with zero attached hydrogens (tertiary/aromatic N) is 1. The minimum absolute atomic E-state index is 0.110. The second kappa shape index (κ2) is 8.24. The van der Waals surface area contributed by atoms with Crippen molar-refractivity contribution in [2.45, 2.75) is 13.0 Å². The van der Waals surface area contributed by atoms with Gasteiger partial charge in [0.15, 0.2) is 0 Å². The monoisotopic (exact) mass is 426 g/mol. The molecule has 30 heavy (non-hydrogen) atoms. The first kappa shape index (κ1) is 20.0. The van der Waals surface area contributed by atoms with E-state index in [0.29, 0.717) is 23.6 Å². The van der Waals surface area contributed by atoms with E-state index in [-0.39, 0.29) is 12.5 Å². The van der Waals surface area contributed by atoms with Gasteiger partial charge in [0, 0.05) is 29.4 Å². The molecule has 0 unspecified atom stereocenters. The minimum atomic E-state index is -0.905. The molecule has 1 aliphatic heterocycles. The summed E-state index contributed by atoms with van der Waals surface area (Å²) >= 11 is 5.89. The van der Waals surface area contributed by atoms with Crippen molar-refractivity contribution in [3.05, 3.63) is 99.6 Å². The molecule has 0 spiro atoms. The van der Waals surface area contributed by atoms with Crippen molar-refractivity contribution < 1.29 is 18.4 Å². The van der Waals surface area contributed by atoms with Crippen molar-refractivity contribution in [1.29, 1.82) is 0 Å². The molecule has 4 rings (SSSR count). The van der Waals surface area contributed by atoms with Gasteiger partial charge in [-0.05, 0) is 60.0 Å².